The predicted octanol–water partition coefficient (Wildman–Crippen LogP) is 0.864. The van der Waals surface area contributed by atoms with Gasteiger partial charge in [-0.3, -0.25) is 0 Å². The molecule has 0 spiro atoms. The molecule has 0 saturated heterocycles. The third-order valence-corrected chi connectivity index (χ3v) is 4.21. The van der Waals surface area contributed by atoms with Crippen LogP contribution in [0.4, 0.5) is 0 Å². The van der Waals surface area contributed by atoms with Crippen LogP contribution in [0.3, 0.4) is 0 Å². The fraction of sp³-hybridized carbons (Fsp3) is 0.190. The van der Waals surface area contributed by atoms with Crippen LogP contribution in [-0.2, 0) is 7.05 Å². The third-order valence-electron chi connectivity index (χ3n) is 4.21. The number of hydrogen-bond acceptors (Lipinski definition) is 3. The summed E-state index contributed by atoms with van der Waals surface area (Å²) < 4.78 is 18.4. The number of methoxy groups -OCH3 is 3. The van der Waals surface area contributed by atoms with E-state index in [1.54, 1.807) is 21.3 Å². The van der Waals surface area contributed by atoms with E-state index in [1.807, 2.05) is 37.4 Å². The highest BCUT2D eigenvalue weighted by Crippen LogP contribution is 2.35. The molecule has 1 aromatic heterocycles. The molecule has 0 aliphatic heterocycles. The Morgan fingerprint density at radius 2 is 1.42 bits per heavy atom. The summed E-state index contributed by atoms with van der Waals surface area (Å²) in [4.78, 5) is 0. The Labute approximate surface area is 171 Å². The highest BCUT2D eigenvalue weighted by atomic mass is 127. The van der Waals surface area contributed by atoms with Crippen LogP contribution in [0.2, 0.25) is 0 Å². The second kappa shape index (κ2) is 8.89. The number of nitrogens with zero attached hydrogens (tertiary/aromatic N) is 1. The smallest absolute Gasteiger partial charge is 0.205 e. The van der Waals surface area contributed by atoms with Crippen molar-refractivity contribution in [3.63, 3.8) is 0 Å². The number of ether oxygens (including phenoxy) is 3. The van der Waals surface area contributed by atoms with E-state index in [2.05, 4.69) is 35.0 Å². The van der Waals surface area contributed by atoms with Gasteiger partial charge in [0.2, 0.25) is 5.69 Å². The van der Waals surface area contributed by atoms with Crippen LogP contribution in [0.5, 0.6) is 17.2 Å². The zero-order chi connectivity index (χ0) is 17.8. The Morgan fingerprint density at radius 1 is 0.808 bits per heavy atom. The summed E-state index contributed by atoms with van der Waals surface area (Å²) in [5.74, 6) is 2.11. The van der Waals surface area contributed by atoms with E-state index in [0.29, 0.717) is 17.2 Å². The minimum Gasteiger partial charge on any atom is -1.00 e. The van der Waals surface area contributed by atoms with Gasteiger partial charge in [-0.1, -0.05) is 18.2 Å². The van der Waals surface area contributed by atoms with Gasteiger partial charge in [-0.15, -0.1) is 0 Å². The van der Waals surface area contributed by atoms with Gasteiger partial charge < -0.3 is 38.2 Å². The molecular formula is C21H22INO3. The highest BCUT2D eigenvalue weighted by molar-refractivity contribution is 5.83. The summed E-state index contributed by atoms with van der Waals surface area (Å²) in [5, 5.41) is 2.41. The van der Waals surface area contributed by atoms with E-state index in [0.717, 1.165) is 11.3 Å². The first-order valence-electron chi connectivity index (χ1n) is 8.02. The molecule has 0 N–H and O–H groups in total. The SMILES string of the molecule is COc1cc(OC)c(/C=C/c2cc3ccccc3c[n+]2C)c(OC)c1.[I-]. The van der Waals surface area contributed by atoms with Gasteiger partial charge in [-0.05, 0) is 17.5 Å². The maximum absolute atomic E-state index is 5.50. The molecular weight excluding hydrogens is 441 g/mol. The van der Waals surface area contributed by atoms with Gasteiger partial charge in [0.1, 0.15) is 24.3 Å². The summed E-state index contributed by atoms with van der Waals surface area (Å²) in [5.41, 5.74) is 1.96. The van der Waals surface area contributed by atoms with Crippen molar-refractivity contribution in [2.24, 2.45) is 7.05 Å². The van der Waals surface area contributed by atoms with Crippen LogP contribution in [0, 0.1) is 0 Å². The number of benzene rings is 2. The molecule has 0 saturated carbocycles. The number of aromatic nitrogens is 1. The van der Waals surface area contributed by atoms with Crippen LogP contribution in [0.25, 0.3) is 22.9 Å². The number of aryl methyl sites for hydroxylation is 1. The van der Waals surface area contributed by atoms with E-state index >= 15 is 0 Å². The second-order valence-corrected chi connectivity index (χ2v) is 5.72. The van der Waals surface area contributed by atoms with Crippen LogP contribution >= 0.6 is 0 Å². The van der Waals surface area contributed by atoms with Gasteiger partial charge >= 0.3 is 0 Å². The van der Waals surface area contributed by atoms with E-state index in [9.17, 15) is 0 Å². The minimum atomic E-state index is 0. The lowest BCUT2D eigenvalue weighted by Gasteiger charge is -2.12. The van der Waals surface area contributed by atoms with Crippen LogP contribution < -0.4 is 42.8 Å². The van der Waals surface area contributed by atoms with Crippen LogP contribution in [-0.4, -0.2) is 21.3 Å². The highest BCUT2D eigenvalue weighted by Gasteiger charge is 2.12. The fourth-order valence-corrected chi connectivity index (χ4v) is 2.84. The molecule has 3 aromatic rings. The normalized spacial score (nSPS) is 10.6. The van der Waals surface area contributed by atoms with Gasteiger partial charge in [0, 0.05) is 29.7 Å². The molecule has 0 aliphatic carbocycles. The Balaban J connectivity index is 0.00000243. The van der Waals surface area contributed by atoms with Gasteiger partial charge in [-0.2, -0.15) is 0 Å². The third kappa shape index (κ3) is 4.09. The lowest BCUT2D eigenvalue weighted by Crippen LogP contribution is -3.00. The zero-order valence-electron chi connectivity index (χ0n) is 15.3. The average Bonchev–Trinajstić information content (AvgIpc) is 2.65. The molecule has 5 heteroatoms. The molecule has 2 aromatic carbocycles. The van der Waals surface area contributed by atoms with E-state index in [1.165, 1.54) is 10.8 Å². The monoisotopic (exact) mass is 463 g/mol. The lowest BCUT2D eigenvalue weighted by molar-refractivity contribution is -0.671. The Bertz CT molecular complexity index is 913. The predicted molar refractivity (Wildman–Crippen MR) is 100 cm³/mol. The van der Waals surface area contributed by atoms with Gasteiger partial charge in [0.05, 0.1) is 26.9 Å². The molecule has 0 aliphatic rings. The second-order valence-electron chi connectivity index (χ2n) is 5.72. The molecule has 4 nitrogen and oxygen atoms in total. The maximum atomic E-state index is 5.50. The number of pyridine rings is 1. The van der Waals surface area contributed by atoms with Crippen molar-refractivity contribution in [2.75, 3.05) is 21.3 Å². The lowest BCUT2D eigenvalue weighted by atomic mass is 10.1. The Morgan fingerprint density at radius 3 is 2.00 bits per heavy atom. The van der Waals surface area contributed by atoms with Crippen molar-refractivity contribution in [2.45, 2.75) is 0 Å². The average molecular weight is 463 g/mol. The minimum absolute atomic E-state index is 0. The molecule has 26 heavy (non-hydrogen) atoms. The molecule has 0 unspecified atom stereocenters. The molecule has 3 rings (SSSR count). The zero-order valence-corrected chi connectivity index (χ0v) is 17.5. The van der Waals surface area contributed by atoms with Crippen LogP contribution in [0.1, 0.15) is 11.3 Å². The molecule has 0 fully saturated rings. The summed E-state index contributed by atoms with van der Waals surface area (Å²) in [6.45, 7) is 0. The summed E-state index contributed by atoms with van der Waals surface area (Å²) in [6, 6.07) is 14.2. The molecule has 0 atom stereocenters. The summed E-state index contributed by atoms with van der Waals surface area (Å²) >= 11 is 0. The number of hydrogen-bond donors (Lipinski definition) is 0. The molecule has 136 valence electrons. The number of rotatable bonds is 5. The standard InChI is InChI=1S/C21H22NO3.HI/c1-22-14-16-8-6-5-7-15(16)11-17(22)9-10-19-20(24-3)12-18(23-2)13-21(19)25-4;/h5-14H,1-4H3;1H/q+1;/p-1/b10-9+;. The summed E-state index contributed by atoms with van der Waals surface area (Å²) in [7, 11) is 6.94. The van der Waals surface area contributed by atoms with Crippen molar-refractivity contribution in [1.29, 1.82) is 0 Å². The van der Waals surface area contributed by atoms with Crippen molar-refractivity contribution in [3.05, 3.63) is 59.9 Å². The van der Waals surface area contributed by atoms with Gasteiger partial charge in [-0.25, -0.2) is 4.57 Å². The van der Waals surface area contributed by atoms with Crippen molar-refractivity contribution in [3.8, 4) is 17.2 Å². The largest absolute Gasteiger partial charge is 1.00 e. The maximum Gasteiger partial charge on any atom is 0.205 e. The molecule has 0 bridgehead atoms. The number of halogens is 1. The first-order valence-corrected chi connectivity index (χ1v) is 8.02. The quantitative estimate of drug-likeness (QED) is 0.416. The van der Waals surface area contributed by atoms with Crippen molar-refractivity contribution < 1.29 is 42.8 Å². The molecule has 0 amide bonds. The number of fused-ring (bicyclic) bond motifs is 1. The fourth-order valence-electron chi connectivity index (χ4n) is 2.84. The van der Waals surface area contributed by atoms with Gasteiger partial charge in [0.25, 0.3) is 0 Å². The Kier molecular flexibility index (Phi) is 6.85. The first kappa shape index (κ1) is 20.0. The molecule has 0 radical (unpaired) electrons. The van der Waals surface area contributed by atoms with Crippen molar-refractivity contribution in [1.82, 2.24) is 0 Å². The van der Waals surface area contributed by atoms with E-state index < -0.39 is 0 Å². The molecule has 1 heterocycles. The van der Waals surface area contributed by atoms with Crippen LogP contribution in [0.15, 0.2) is 48.7 Å². The van der Waals surface area contributed by atoms with E-state index in [-0.39, 0.29) is 24.0 Å². The Hall–Kier alpha value is -2.28. The topological polar surface area (TPSA) is 31.6 Å². The van der Waals surface area contributed by atoms with Crippen molar-refractivity contribution >= 4 is 22.9 Å². The first-order chi connectivity index (χ1) is 12.2. The van der Waals surface area contributed by atoms with Gasteiger partial charge in [0.15, 0.2) is 6.20 Å². The summed E-state index contributed by atoms with van der Waals surface area (Å²) in [6.07, 6.45) is 6.18. The van der Waals surface area contributed by atoms with E-state index in [4.69, 9.17) is 14.2 Å².